The van der Waals surface area contributed by atoms with Crippen LogP contribution >= 0.6 is 0 Å². The minimum absolute atomic E-state index is 0.165. The van der Waals surface area contributed by atoms with E-state index in [0.717, 1.165) is 10.8 Å². The maximum Gasteiger partial charge on any atom is 0.201 e. The monoisotopic (exact) mass is 211 g/mol. The third-order valence-electron chi connectivity index (χ3n) is 2.81. The molecule has 0 bridgehead atoms. The topological polar surface area (TPSA) is 50.2 Å². The summed E-state index contributed by atoms with van der Waals surface area (Å²) in [5.41, 5.74) is 0. The SMILES string of the molecule is O=C1CC=c2ncc3ccccc3c2=C1O. The molecule has 1 aliphatic rings. The molecule has 0 fully saturated rings. The van der Waals surface area contributed by atoms with Crippen molar-refractivity contribution in [1.29, 1.82) is 0 Å². The molecule has 0 unspecified atom stereocenters. The first-order valence-electron chi connectivity index (χ1n) is 5.08. The number of ketones is 1. The van der Waals surface area contributed by atoms with Crippen molar-refractivity contribution in [3.63, 3.8) is 0 Å². The van der Waals surface area contributed by atoms with Gasteiger partial charge in [0.1, 0.15) is 0 Å². The summed E-state index contributed by atoms with van der Waals surface area (Å²) in [5.74, 6) is -0.410. The summed E-state index contributed by atoms with van der Waals surface area (Å²) >= 11 is 0. The van der Waals surface area contributed by atoms with E-state index in [1.54, 1.807) is 12.3 Å². The Labute approximate surface area is 91.4 Å². The molecule has 1 aromatic heterocycles. The molecule has 1 aliphatic carbocycles. The lowest BCUT2D eigenvalue weighted by Crippen LogP contribution is -2.36. The van der Waals surface area contributed by atoms with Gasteiger partial charge in [-0.15, -0.1) is 0 Å². The van der Waals surface area contributed by atoms with Crippen molar-refractivity contribution in [3.05, 3.63) is 41.0 Å². The smallest absolute Gasteiger partial charge is 0.201 e. The lowest BCUT2D eigenvalue weighted by Gasteiger charge is -2.06. The molecule has 0 amide bonds. The molecular formula is C13H9NO2. The van der Waals surface area contributed by atoms with E-state index in [1.165, 1.54) is 0 Å². The second kappa shape index (κ2) is 3.17. The van der Waals surface area contributed by atoms with Gasteiger partial charge in [-0.05, 0) is 5.39 Å². The van der Waals surface area contributed by atoms with Crippen LogP contribution < -0.4 is 10.6 Å². The Morgan fingerprint density at radius 1 is 1.25 bits per heavy atom. The zero-order chi connectivity index (χ0) is 11.1. The Hall–Kier alpha value is -2.16. The van der Waals surface area contributed by atoms with Gasteiger partial charge in [0, 0.05) is 18.0 Å². The molecule has 1 aromatic carbocycles. The van der Waals surface area contributed by atoms with E-state index in [0.29, 0.717) is 10.6 Å². The van der Waals surface area contributed by atoms with Gasteiger partial charge in [0.15, 0.2) is 5.76 Å². The molecule has 78 valence electrons. The molecule has 0 saturated carbocycles. The molecule has 1 heterocycles. The van der Waals surface area contributed by atoms with Crippen molar-refractivity contribution >= 4 is 28.4 Å². The van der Waals surface area contributed by atoms with E-state index in [2.05, 4.69) is 4.98 Å². The van der Waals surface area contributed by atoms with Crippen molar-refractivity contribution < 1.29 is 9.90 Å². The van der Waals surface area contributed by atoms with Crippen LogP contribution in [0.15, 0.2) is 30.5 Å². The number of Topliss-reactive ketones (excluding diaryl/α,β-unsaturated/α-hetero) is 1. The van der Waals surface area contributed by atoms with E-state index in [-0.39, 0.29) is 18.0 Å². The number of pyridine rings is 1. The fourth-order valence-corrected chi connectivity index (χ4v) is 2.01. The van der Waals surface area contributed by atoms with Crippen molar-refractivity contribution in [3.8, 4) is 0 Å². The quantitative estimate of drug-likeness (QED) is 0.696. The van der Waals surface area contributed by atoms with Crippen LogP contribution in [-0.2, 0) is 4.79 Å². The maximum absolute atomic E-state index is 11.5. The number of nitrogens with zero attached hydrogens (tertiary/aromatic N) is 1. The first kappa shape index (κ1) is 9.09. The van der Waals surface area contributed by atoms with Gasteiger partial charge in [-0.1, -0.05) is 30.3 Å². The normalized spacial score (nSPS) is 14.8. The second-order valence-corrected chi connectivity index (χ2v) is 3.79. The Kier molecular flexibility index (Phi) is 1.80. The molecule has 3 heteroatoms. The predicted molar refractivity (Wildman–Crippen MR) is 61.1 cm³/mol. The summed E-state index contributed by atoms with van der Waals surface area (Å²) in [5, 5.41) is 12.9. The zero-order valence-electron chi connectivity index (χ0n) is 8.47. The number of hydrogen-bond donors (Lipinski definition) is 1. The fraction of sp³-hybridized carbons (Fsp3) is 0.0769. The molecule has 0 radical (unpaired) electrons. The van der Waals surface area contributed by atoms with E-state index in [9.17, 15) is 9.90 Å². The molecule has 0 aliphatic heterocycles. The summed E-state index contributed by atoms with van der Waals surface area (Å²) in [7, 11) is 0. The highest BCUT2D eigenvalue weighted by Gasteiger charge is 2.14. The predicted octanol–water partition coefficient (Wildman–Crippen LogP) is 0.654. The van der Waals surface area contributed by atoms with Crippen molar-refractivity contribution in [2.75, 3.05) is 0 Å². The number of aromatic nitrogens is 1. The Balaban J connectivity index is 2.65. The van der Waals surface area contributed by atoms with Gasteiger partial charge in [-0.3, -0.25) is 9.78 Å². The second-order valence-electron chi connectivity index (χ2n) is 3.79. The van der Waals surface area contributed by atoms with Crippen LogP contribution in [-0.4, -0.2) is 15.9 Å². The molecule has 16 heavy (non-hydrogen) atoms. The number of aliphatic hydroxyl groups is 1. The largest absolute Gasteiger partial charge is 0.504 e. The summed E-state index contributed by atoms with van der Waals surface area (Å²) in [4.78, 5) is 15.7. The van der Waals surface area contributed by atoms with Crippen molar-refractivity contribution in [1.82, 2.24) is 4.98 Å². The van der Waals surface area contributed by atoms with Crippen LogP contribution in [0.2, 0.25) is 0 Å². The van der Waals surface area contributed by atoms with Crippen LogP contribution in [0, 0.1) is 0 Å². The Bertz CT molecular complexity index is 716. The highest BCUT2D eigenvalue weighted by atomic mass is 16.3. The molecular weight excluding hydrogens is 202 g/mol. The van der Waals surface area contributed by atoms with E-state index in [4.69, 9.17) is 0 Å². The minimum atomic E-state index is -0.245. The lowest BCUT2D eigenvalue weighted by atomic mass is 10.0. The van der Waals surface area contributed by atoms with Gasteiger partial charge >= 0.3 is 0 Å². The number of aliphatic hydroxyl groups excluding tert-OH is 1. The highest BCUT2D eigenvalue weighted by molar-refractivity contribution is 6.15. The standard InChI is InChI=1S/C13H9NO2/c15-11-6-5-10-12(13(11)16)9-4-2-1-3-8(9)7-14-10/h1-5,7,16H,6H2. The Morgan fingerprint density at radius 3 is 2.94 bits per heavy atom. The number of fused-ring (bicyclic) bond motifs is 3. The lowest BCUT2D eigenvalue weighted by molar-refractivity contribution is -0.114. The van der Waals surface area contributed by atoms with Gasteiger partial charge < -0.3 is 5.11 Å². The molecule has 0 spiro atoms. The van der Waals surface area contributed by atoms with Gasteiger partial charge in [-0.2, -0.15) is 0 Å². The van der Waals surface area contributed by atoms with E-state index < -0.39 is 0 Å². The van der Waals surface area contributed by atoms with Crippen LogP contribution in [0.25, 0.3) is 22.6 Å². The maximum atomic E-state index is 11.5. The van der Waals surface area contributed by atoms with Crippen LogP contribution in [0.5, 0.6) is 0 Å². The summed E-state index contributed by atoms with van der Waals surface area (Å²) in [6, 6.07) is 7.59. The summed E-state index contributed by atoms with van der Waals surface area (Å²) in [6.07, 6.45) is 3.74. The zero-order valence-corrected chi connectivity index (χ0v) is 8.47. The third kappa shape index (κ3) is 1.15. The average molecular weight is 211 g/mol. The van der Waals surface area contributed by atoms with Gasteiger partial charge in [0.2, 0.25) is 5.78 Å². The van der Waals surface area contributed by atoms with Crippen LogP contribution in [0.1, 0.15) is 6.42 Å². The van der Waals surface area contributed by atoms with Gasteiger partial charge in [0.25, 0.3) is 0 Å². The van der Waals surface area contributed by atoms with Gasteiger partial charge in [0.05, 0.1) is 10.6 Å². The van der Waals surface area contributed by atoms with Crippen molar-refractivity contribution in [2.24, 2.45) is 0 Å². The summed E-state index contributed by atoms with van der Waals surface area (Å²) < 4.78 is 0. The van der Waals surface area contributed by atoms with Crippen molar-refractivity contribution in [2.45, 2.75) is 6.42 Å². The minimum Gasteiger partial charge on any atom is -0.504 e. The highest BCUT2D eigenvalue weighted by Crippen LogP contribution is 2.08. The number of benzene rings is 1. The number of rotatable bonds is 0. The first-order chi connectivity index (χ1) is 7.77. The molecule has 3 rings (SSSR count). The van der Waals surface area contributed by atoms with E-state index >= 15 is 0 Å². The molecule has 2 aromatic rings. The van der Waals surface area contributed by atoms with Gasteiger partial charge in [-0.25, -0.2) is 0 Å². The average Bonchev–Trinajstić information content (AvgIpc) is 2.33. The first-order valence-corrected chi connectivity index (χ1v) is 5.08. The van der Waals surface area contributed by atoms with Crippen LogP contribution in [0.3, 0.4) is 0 Å². The number of carbonyl (C=O) groups is 1. The number of hydrogen-bond acceptors (Lipinski definition) is 3. The van der Waals surface area contributed by atoms with Crippen LogP contribution in [0.4, 0.5) is 0 Å². The molecule has 0 saturated heterocycles. The molecule has 0 atom stereocenters. The Morgan fingerprint density at radius 2 is 2.06 bits per heavy atom. The molecule has 3 nitrogen and oxygen atoms in total. The molecule has 1 N–H and O–H groups in total. The third-order valence-corrected chi connectivity index (χ3v) is 2.81. The van der Waals surface area contributed by atoms with E-state index in [1.807, 2.05) is 24.3 Å². The number of carbonyl (C=O) groups excluding carboxylic acids is 1. The fourth-order valence-electron chi connectivity index (χ4n) is 2.01. The summed E-state index contributed by atoms with van der Waals surface area (Å²) in [6.45, 7) is 0.